The number of rotatable bonds is 3. The SMILES string of the molecule is Cc1c(Oc2nccn2C)cccc1C(=O)O. The van der Waals surface area contributed by atoms with E-state index in [0.717, 1.165) is 0 Å². The molecule has 0 atom stereocenters. The molecule has 5 heteroatoms. The molecule has 5 nitrogen and oxygen atoms in total. The number of carboxylic acids is 1. The second kappa shape index (κ2) is 4.29. The topological polar surface area (TPSA) is 64.4 Å². The molecule has 1 aromatic carbocycles. The molecule has 1 heterocycles. The Morgan fingerprint density at radius 1 is 1.47 bits per heavy atom. The Labute approximate surface area is 98.3 Å². The molecular formula is C12H12N2O3. The average molecular weight is 232 g/mol. The maximum Gasteiger partial charge on any atom is 0.336 e. The van der Waals surface area contributed by atoms with Crippen LogP contribution in [0.15, 0.2) is 30.6 Å². The van der Waals surface area contributed by atoms with E-state index in [1.807, 2.05) is 0 Å². The van der Waals surface area contributed by atoms with Gasteiger partial charge < -0.3 is 14.4 Å². The first-order chi connectivity index (χ1) is 8.09. The molecule has 0 aliphatic rings. The first-order valence-electron chi connectivity index (χ1n) is 5.07. The normalized spacial score (nSPS) is 10.2. The van der Waals surface area contributed by atoms with Crippen molar-refractivity contribution in [2.75, 3.05) is 0 Å². The lowest BCUT2D eigenvalue weighted by atomic mass is 10.1. The number of imidazole rings is 1. The highest BCUT2D eigenvalue weighted by Gasteiger charge is 2.12. The zero-order chi connectivity index (χ0) is 12.4. The van der Waals surface area contributed by atoms with Crippen LogP contribution < -0.4 is 4.74 Å². The van der Waals surface area contributed by atoms with Gasteiger partial charge in [0, 0.05) is 25.0 Å². The average Bonchev–Trinajstić information content (AvgIpc) is 2.67. The van der Waals surface area contributed by atoms with Crippen LogP contribution in [0.3, 0.4) is 0 Å². The van der Waals surface area contributed by atoms with Crippen LogP contribution in [-0.4, -0.2) is 20.6 Å². The van der Waals surface area contributed by atoms with Crippen molar-refractivity contribution < 1.29 is 14.6 Å². The molecule has 0 saturated heterocycles. The van der Waals surface area contributed by atoms with Gasteiger partial charge in [0.05, 0.1) is 5.56 Å². The van der Waals surface area contributed by atoms with Crippen LogP contribution in [0.25, 0.3) is 0 Å². The molecule has 1 N–H and O–H groups in total. The van der Waals surface area contributed by atoms with E-state index in [1.165, 1.54) is 0 Å². The Morgan fingerprint density at radius 3 is 2.82 bits per heavy atom. The Morgan fingerprint density at radius 2 is 2.24 bits per heavy atom. The van der Waals surface area contributed by atoms with Gasteiger partial charge in [-0.2, -0.15) is 0 Å². The van der Waals surface area contributed by atoms with Gasteiger partial charge in [-0.3, -0.25) is 0 Å². The van der Waals surface area contributed by atoms with Crippen molar-refractivity contribution in [3.05, 3.63) is 41.7 Å². The van der Waals surface area contributed by atoms with Gasteiger partial charge in [0.1, 0.15) is 5.75 Å². The summed E-state index contributed by atoms with van der Waals surface area (Å²) in [4.78, 5) is 15.0. The van der Waals surface area contributed by atoms with Crippen LogP contribution in [0.5, 0.6) is 11.8 Å². The smallest absolute Gasteiger partial charge is 0.336 e. The molecule has 2 aromatic rings. The summed E-state index contributed by atoms with van der Waals surface area (Å²) in [6.45, 7) is 1.71. The van der Waals surface area contributed by atoms with Crippen LogP contribution in [0.2, 0.25) is 0 Å². The molecule has 88 valence electrons. The fraction of sp³-hybridized carbons (Fsp3) is 0.167. The molecule has 0 radical (unpaired) electrons. The number of hydrogen-bond acceptors (Lipinski definition) is 3. The fourth-order valence-corrected chi connectivity index (χ4v) is 1.51. The Hall–Kier alpha value is -2.30. The molecular weight excluding hydrogens is 220 g/mol. The Bertz CT molecular complexity index is 561. The summed E-state index contributed by atoms with van der Waals surface area (Å²) >= 11 is 0. The quantitative estimate of drug-likeness (QED) is 0.881. The van der Waals surface area contributed by atoms with Crippen LogP contribution in [0.1, 0.15) is 15.9 Å². The van der Waals surface area contributed by atoms with E-state index in [0.29, 0.717) is 17.3 Å². The highest BCUT2D eigenvalue weighted by molar-refractivity contribution is 5.90. The first-order valence-corrected chi connectivity index (χ1v) is 5.07. The Kier molecular flexibility index (Phi) is 2.82. The minimum Gasteiger partial charge on any atom is -0.478 e. The maximum atomic E-state index is 11.0. The number of carbonyl (C=O) groups is 1. The third-order valence-corrected chi connectivity index (χ3v) is 2.49. The standard InChI is InChI=1S/C12H12N2O3/c1-8-9(11(15)16)4-3-5-10(8)17-12-13-6-7-14(12)2/h3-7H,1-2H3,(H,15,16). The van der Waals surface area contributed by atoms with Crippen molar-refractivity contribution in [3.8, 4) is 11.8 Å². The van der Waals surface area contributed by atoms with Gasteiger partial charge in [0.25, 0.3) is 0 Å². The second-order valence-electron chi connectivity index (χ2n) is 3.66. The summed E-state index contributed by atoms with van der Waals surface area (Å²) in [6, 6.07) is 5.34. The molecule has 0 amide bonds. The number of aromatic nitrogens is 2. The van der Waals surface area contributed by atoms with Crippen molar-refractivity contribution in [1.29, 1.82) is 0 Å². The third-order valence-electron chi connectivity index (χ3n) is 2.49. The van der Waals surface area contributed by atoms with Gasteiger partial charge in [-0.1, -0.05) is 6.07 Å². The second-order valence-corrected chi connectivity index (χ2v) is 3.66. The summed E-state index contributed by atoms with van der Waals surface area (Å²) < 4.78 is 7.27. The van der Waals surface area contributed by atoms with Gasteiger partial charge in [0.15, 0.2) is 0 Å². The van der Waals surface area contributed by atoms with E-state index in [2.05, 4.69) is 4.98 Å². The minimum absolute atomic E-state index is 0.233. The highest BCUT2D eigenvalue weighted by atomic mass is 16.5. The molecule has 0 spiro atoms. The first kappa shape index (κ1) is 11.2. The third kappa shape index (κ3) is 2.13. The van der Waals surface area contributed by atoms with E-state index in [4.69, 9.17) is 9.84 Å². The van der Waals surface area contributed by atoms with Crippen molar-refractivity contribution in [1.82, 2.24) is 9.55 Å². The predicted molar refractivity (Wildman–Crippen MR) is 61.4 cm³/mol. The number of aromatic carboxylic acids is 1. The molecule has 0 saturated carbocycles. The minimum atomic E-state index is -0.965. The van der Waals surface area contributed by atoms with Crippen molar-refractivity contribution >= 4 is 5.97 Å². The summed E-state index contributed by atoms with van der Waals surface area (Å²) in [5.74, 6) is -0.466. The fourth-order valence-electron chi connectivity index (χ4n) is 1.51. The number of benzene rings is 1. The number of aryl methyl sites for hydroxylation is 1. The van der Waals surface area contributed by atoms with E-state index >= 15 is 0 Å². The van der Waals surface area contributed by atoms with E-state index in [1.54, 1.807) is 49.1 Å². The summed E-state index contributed by atoms with van der Waals surface area (Å²) in [5.41, 5.74) is 0.819. The van der Waals surface area contributed by atoms with Crippen molar-refractivity contribution in [3.63, 3.8) is 0 Å². The molecule has 0 bridgehead atoms. The lowest BCUT2D eigenvalue weighted by Crippen LogP contribution is -2.02. The zero-order valence-electron chi connectivity index (χ0n) is 9.54. The zero-order valence-corrected chi connectivity index (χ0v) is 9.54. The predicted octanol–water partition coefficient (Wildman–Crippen LogP) is 2.22. The van der Waals surface area contributed by atoms with Gasteiger partial charge in [-0.15, -0.1) is 0 Å². The molecule has 0 unspecified atom stereocenters. The Balaban J connectivity index is 2.37. The van der Waals surface area contributed by atoms with Gasteiger partial charge in [-0.25, -0.2) is 9.78 Å². The van der Waals surface area contributed by atoms with Crippen LogP contribution in [0, 0.1) is 6.92 Å². The van der Waals surface area contributed by atoms with Gasteiger partial charge in [0.2, 0.25) is 0 Å². The van der Waals surface area contributed by atoms with E-state index < -0.39 is 5.97 Å². The largest absolute Gasteiger partial charge is 0.478 e. The van der Waals surface area contributed by atoms with E-state index in [-0.39, 0.29) is 5.56 Å². The molecule has 0 aliphatic carbocycles. The van der Waals surface area contributed by atoms with Gasteiger partial charge in [-0.05, 0) is 19.1 Å². The summed E-state index contributed by atoms with van der Waals surface area (Å²) in [7, 11) is 1.80. The van der Waals surface area contributed by atoms with Crippen molar-refractivity contribution in [2.45, 2.75) is 6.92 Å². The van der Waals surface area contributed by atoms with Crippen LogP contribution >= 0.6 is 0 Å². The summed E-state index contributed by atoms with van der Waals surface area (Å²) in [5, 5.41) is 8.99. The summed E-state index contributed by atoms with van der Waals surface area (Å²) in [6.07, 6.45) is 3.37. The molecule has 1 aromatic heterocycles. The number of carboxylic acid groups (broad SMARTS) is 1. The molecule has 0 fully saturated rings. The van der Waals surface area contributed by atoms with Crippen molar-refractivity contribution in [2.24, 2.45) is 7.05 Å². The lowest BCUT2D eigenvalue weighted by Gasteiger charge is -2.09. The number of ether oxygens (including phenoxy) is 1. The maximum absolute atomic E-state index is 11.0. The number of hydrogen-bond donors (Lipinski definition) is 1. The highest BCUT2D eigenvalue weighted by Crippen LogP contribution is 2.25. The lowest BCUT2D eigenvalue weighted by molar-refractivity contribution is 0.0695. The van der Waals surface area contributed by atoms with Crippen LogP contribution in [0.4, 0.5) is 0 Å². The van der Waals surface area contributed by atoms with Gasteiger partial charge >= 0.3 is 12.0 Å². The van der Waals surface area contributed by atoms with Crippen LogP contribution in [-0.2, 0) is 7.05 Å². The monoisotopic (exact) mass is 232 g/mol. The number of nitrogens with zero attached hydrogens (tertiary/aromatic N) is 2. The molecule has 2 rings (SSSR count). The van der Waals surface area contributed by atoms with E-state index in [9.17, 15) is 4.79 Å². The molecule has 17 heavy (non-hydrogen) atoms. The molecule has 0 aliphatic heterocycles.